The first-order chi connectivity index (χ1) is 8.47. The van der Waals surface area contributed by atoms with Crippen molar-refractivity contribution in [3.63, 3.8) is 0 Å². The van der Waals surface area contributed by atoms with Crippen LogP contribution in [0, 0.1) is 0 Å². The van der Waals surface area contributed by atoms with Crippen molar-refractivity contribution in [2.75, 3.05) is 33.3 Å². The van der Waals surface area contributed by atoms with Crippen LogP contribution in [0.3, 0.4) is 0 Å². The van der Waals surface area contributed by atoms with E-state index in [2.05, 4.69) is 10.2 Å². The Hall–Kier alpha value is -1.14. The molecule has 6 nitrogen and oxygen atoms in total. The molecule has 2 unspecified atom stereocenters. The van der Waals surface area contributed by atoms with E-state index >= 15 is 0 Å². The molecule has 0 spiro atoms. The molecule has 0 aromatic heterocycles. The first-order valence-electron chi connectivity index (χ1n) is 6.40. The minimum Gasteiger partial charge on any atom is -0.374 e. The molecule has 2 aliphatic heterocycles. The molecule has 2 saturated heterocycles. The summed E-state index contributed by atoms with van der Waals surface area (Å²) in [5.74, 6) is -0.209. The number of ether oxygens (including phenoxy) is 1. The molecule has 0 aromatic rings. The van der Waals surface area contributed by atoms with E-state index in [1.54, 1.807) is 11.8 Å². The number of urea groups is 1. The van der Waals surface area contributed by atoms with E-state index in [4.69, 9.17) is 4.74 Å². The summed E-state index contributed by atoms with van der Waals surface area (Å²) in [6.45, 7) is 6.56. The number of hydrogen-bond donors (Lipinski definition) is 1. The number of hydrogen-bond acceptors (Lipinski definition) is 4. The number of nitrogens with one attached hydrogen (secondary N) is 1. The molecule has 0 aromatic carbocycles. The van der Waals surface area contributed by atoms with Crippen molar-refractivity contribution in [1.29, 1.82) is 0 Å². The topological polar surface area (TPSA) is 61.9 Å². The molecule has 18 heavy (non-hydrogen) atoms. The zero-order valence-corrected chi connectivity index (χ0v) is 11.2. The van der Waals surface area contributed by atoms with Crippen LogP contribution in [0.5, 0.6) is 0 Å². The van der Waals surface area contributed by atoms with Gasteiger partial charge in [-0.1, -0.05) is 6.92 Å². The molecule has 6 heteroatoms. The maximum Gasteiger partial charge on any atom is 0.325 e. The number of rotatable bonds is 3. The highest BCUT2D eigenvalue weighted by atomic mass is 16.5. The van der Waals surface area contributed by atoms with Crippen LogP contribution in [0.1, 0.15) is 20.3 Å². The van der Waals surface area contributed by atoms with Gasteiger partial charge >= 0.3 is 6.03 Å². The lowest BCUT2D eigenvalue weighted by Gasteiger charge is -2.37. The van der Waals surface area contributed by atoms with Crippen molar-refractivity contribution in [1.82, 2.24) is 15.1 Å². The summed E-state index contributed by atoms with van der Waals surface area (Å²) >= 11 is 0. The molecular formula is C12H21N3O3. The number of likely N-dealkylation sites (N-methyl/N-ethyl adjacent to an activating group) is 1. The Balaban J connectivity index is 2.07. The van der Waals surface area contributed by atoms with E-state index in [0.717, 1.165) is 13.1 Å². The molecular weight excluding hydrogens is 234 g/mol. The summed E-state index contributed by atoms with van der Waals surface area (Å²) in [5, 5.41) is 2.39. The molecule has 0 aliphatic carbocycles. The summed E-state index contributed by atoms with van der Waals surface area (Å²) in [4.78, 5) is 27.5. The van der Waals surface area contributed by atoms with Crippen LogP contribution in [0.25, 0.3) is 0 Å². The minimum absolute atomic E-state index is 0.0220. The van der Waals surface area contributed by atoms with Crippen molar-refractivity contribution >= 4 is 11.9 Å². The van der Waals surface area contributed by atoms with Crippen LogP contribution in [-0.4, -0.2) is 66.7 Å². The van der Waals surface area contributed by atoms with Gasteiger partial charge in [-0.25, -0.2) is 4.79 Å². The molecule has 0 saturated carbocycles. The largest absolute Gasteiger partial charge is 0.374 e. The van der Waals surface area contributed by atoms with Crippen molar-refractivity contribution in [3.8, 4) is 0 Å². The molecule has 2 atom stereocenters. The van der Waals surface area contributed by atoms with E-state index in [-0.39, 0.29) is 18.0 Å². The maximum atomic E-state index is 11.8. The second-order valence-electron chi connectivity index (χ2n) is 5.25. The van der Waals surface area contributed by atoms with E-state index < -0.39 is 5.54 Å². The number of nitrogens with zero attached hydrogens (tertiary/aromatic N) is 2. The van der Waals surface area contributed by atoms with Gasteiger partial charge in [-0.2, -0.15) is 0 Å². The normalized spacial score (nSPS) is 33.9. The Morgan fingerprint density at radius 3 is 2.83 bits per heavy atom. The lowest BCUT2D eigenvalue weighted by Crippen LogP contribution is -2.53. The molecule has 2 fully saturated rings. The van der Waals surface area contributed by atoms with Crippen LogP contribution in [0.15, 0.2) is 0 Å². The second-order valence-corrected chi connectivity index (χ2v) is 5.25. The zero-order valence-electron chi connectivity index (χ0n) is 11.2. The highest BCUT2D eigenvalue weighted by Gasteiger charge is 2.48. The maximum absolute atomic E-state index is 11.8. The van der Waals surface area contributed by atoms with Crippen molar-refractivity contribution < 1.29 is 14.3 Å². The third kappa shape index (κ3) is 2.22. The SMILES string of the molecule is CCC1(C)C(=O)NC(=O)N1CC1CN(C)CCO1. The number of imide groups is 1. The number of amides is 3. The van der Waals surface area contributed by atoms with Gasteiger partial charge in [0.1, 0.15) is 5.54 Å². The predicted molar refractivity (Wildman–Crippen MR) is 66.2 cm³/mol. The first-order valence-corrected chi connectivity index (χ1v) is 6.40. The van der Waals surface area contributed by atoms with Crippen molar-refractivity contribution in [2.24, 2.45) is 0 Å². The summed E-state index contributed by atoms with van der Waals surface area (Å²) in [6.07, 6.45) is 0.582. The summed E-state index contributed by atoms with van der Waals surface area (Å²) in [6, 6.07) is -0.304. The monoisotopic (exact) mass is 255 g/mol. The van der Waals surface area contributed by atoms with Crippen LogP contribution in [0.4, 0.5) is 4.79 Å². The lowest BCUT2D eigenvalue weighted by molar-refractivity contribution is -0.126. The third-order valence-electron chi connectivity index (χ3n) is 3.97. The minimum atomic E-state index is -0.740. The average Bonchev–Trinajstić information content (AvgIpc) is 2.54. The Bertz CT molecular complexity index is 360. The van der Waals surface area contributed by atoms with E-state index in [1.807, 2.05) is 14.0 Å². The standard InChI is InChI=1S/C12H21N3O3/c1-4-12(2)10(16)13-11(17)15(12)8-9-7-14(3)5-6-18-9/h9H,4-8H2,1-3H3,(H,13,16,17). The summed E-state index contributed by atoms with van der Waals surface area (Å²) in [7, 11) is 2.03. The van der Waals surface area contributed by atoms with E-state index in [9.17, 15) is 9.59 Å². The lowest BCUT2D eigenvalue weighted by atomic mass is 9.97. The summed E-state index contributed by atoms with van der Waals surface area (Å²) < 4.78 is 5.66. The third-order valence-corrected chi connectivity index (χ3v) is 3.97. The quantitative estimate of drug-likeness (QED) is 0.723. The Kier molecular flexibility index (Phi) is 3.59. The number of carbonyl (C=O) groups is 2. The number of carbonyl (C=O) groups excluding carboxylic acids is 2. The Labute approximate surface area is 107 Å². The fraction of sp³-hybridized carbons (Fsp3) is 0.833. The fourth-order valence-electron chi connectivity index (χ4n) is 2.46. The van der Waals surface area contributed by atoms with Crippen molar-refractivity contribution in [2.45, 2.75) is 31.9 Å². The van der Waals surface area contributed by atoms with E-state index in [0.29, 0.717) is 19.6 Å². The molecule has 2 rings (SSSR count). The van der Waals surface area contributed by atoms with Crippen LogP contribution >= 0.6 is 0 Å². The van der Waals surface area contributed by atoms with Crippen LogP contribution in [0.2, 0.25) is 0 Å². The molecule has 0 bridgehead atoms. The summed E-state index contributed by atoms with van der Waals surface area (Å²) in [5.41, 5.74) is -0.740. The number of morpholine rings is 1. The zero-order chi connectivity index (χ0) is 13.3. The van der Waals surface area contributed by atoms with Gasteiger partial charge in [-0.15, -0.1) is 0 Å². The first kappa shape index (κ1) is 13.3. The average molecular weight is 255 g/mol. The van der Waals surface area contributed by atoms with Gasteiger partial charge in [0.05, 0.1) is 19.3 Å². The molecule has 0 radical (unpaired) electrons. The van der Waals surface area contributed by atoms with Gasteiger partial charge in [0.25, 0.3) is 5.91 Å². The van der Waals surface area contributed by atoms with Gasteiger partial charge in [0.15, 0.2) is 0 Å². The molecule has 102 valence electrons. The second kappa shape index (κ2) is 4.85. The Morgan fingerprint density at radius 2 is 2.22 bits per heavy atom. The highest BCUT2D eigenvalue weighted by molar-refractivity contribution is 6.06. The predicted octanol–water partition coefficient (Wildman–Crippen LogP) is 0.0375. The highest BCUT2D eigenvalue weighted by Crippen LogP contribution is 2.26. The molecule has 2 aliphatic rings. The Morgan fingerprint density at radius 1 is 1.50 bits per heavy atom. The van der Waals surface area contributed by atoms with Gasteiger partial charge in [-0.3, -0.25) is 10.1 Å². The van der Waals surface area contributed by atoms with Crippen LogP contribution < -0.4 is 5.32 Å². The van der Waals surface area contributed by atoms with Gasteiger partial charge < -0.3 is 14.5 Å². The molecule has 2 heterocycles. The molecule has 3 amide bonds. The van der Waals surface area contributed by atoms with Gasteiger partial charge in [0, 0.05) is 13.1 Å². The fourth-order valence-corrected chi connectivity index (χ4v) is 2.46. The van der Waals surface area contributed by atoms with Crippen LogP contribution in [-0.2, 0) is 9.53 Å². The molecule has 1 N–H and O–H groups in total. The van der Waals surface area contributed by atoms with E-state index in [1.165, 1.54) is 0 Å². The smallest absolute Gasteiger partial charge is 0.325 e. The van der Waals surface area contributed by atoms with Gasteiger partial charge in [-0.05, 0) is 20.4 Å². The van der Waals surface area contributed by atoms with Gasteiger partial charge in [0.2, 0.25) is 0 Å². The van der Waals surface area contributed by atoms with Crippen molar-refractivity contribution in [3.05, 3.63) is 0 Å².